The number of rotatable bonds is 3. The van der Waals surface area contributed by atoms with Gasteiger partial charge in [0.2, 0.25) is 0 Å². The van der Waals surface area contributed by atoms with Crippen molar-refractivity contribution in [2.75, 3.05) is 11.9 Å². The minimum atomic E-state index is 0.604. The molecule has 22 heavy (non-hydrogen) atoms. The van der Waals surface area contributed by atoms with Crippen molar-refractivity contribution in [1.82, 2.24) is 15.0 Å². The van der Waals surface area contributed by atoms with Crippen LogP contribution in [0.3, 0.4) is 0 Å². The van der Waals surface area contributed by atoms with Crippen molar-refractivity contribution in [1.29, 1.82) is 0 Å². The van der Waals surface area contributed by atoms with Gasteiger partial charge in [-0.3, -0.25) is 4.98 Å². The molecular weight excluding hydrogens is 272 g/mol. The molecule has 1 aliphatic rings. The van der Waals surface area contributed by atoms with Crippen molar-refractivity contribution < 1.29 is 0 Å². The largest absolute Gasteiger partial charge is 0.356 e. The maximum absolute atomic E-state index is 4.87. The number of anilines is 1. The summed E-state index contributed by atoms with van der Waals surface area (Å²) >= 11 is 0. The predicted octanol–water partition coefficient (Wildman–Crippen LogP) is 3.92. The van der Waals surface area contributed by atoms with Crippen LogP contribution in [0.15, 0.2) is 24.5 Å². The molecule has 1 saturated carbocycles. The molecule has 3 rings (SSSR count). The third-order valence-corrected chi connectivity index (χ3v) is 4.76. The van der Waals surface area contributed by atoms with Gasteiger partial charge in [0.05, 0.1) is 0 Å². The van der Waals surface area contributed by atoms with Crippen LogP contribution in [0.4, 0.5) is 5.82 Å². The Morgan fingerprint density at radius 2 is 1.68 bits per heavy atom. The van der Waals surface area contributed by atoms with Crippen LogP contribution in [-0.4, -0.2) is 28.0 Å². The van der Waals surface area contributed by atoms with Gasteiger partial charge in [0.1, 0.15) is 5.82 Å². The zero-order chi connectivity index (χ0) is 15.5. The lowest BCUT2D eigenvalue weighted by Gasteiger charge is -2.33. The van der Waals surface area contributed by atoms with Crippen molar-refractivity contribution in [2.45, 2.75) is 52.0 Å². The Hall–Kier alpha value is -1.97. The molecular formula is C18H24N4. The first kappa shape index (κ1) is 14.9. The summed E-state index contributed by atoms with van der Waals surface area (Å²) in [6, 6.07) is 4.54. The van der Waals surface area contributed by atoms with Gasteiger partial charge < -0.3 is 4.90 Å². The van der Waals surface area contributed by atoms with Crippen molar-refractivity contribution in [3.05, 3.63) is 35.8 Å². The molecule has 0 unspecified atom stereocenters. The van der Waals surface area contributed by atoms with Crippen LogP contribution in [-0.2, 0) is 0 Å². The standard InChI is InChI=1S/C18H24N4/c1-13-14(2)20-17(15-9-11-19-12-10-15)21-18(13)22(3)16-7-5-4-6-8-16/h9-12,16H,4-8H2,1-3H3. The maximum atomic E-state index is 4.87. The highest BCUT2D eigenvalue weighted by molar-refractivity contribution is 5.59. The molecule has 2 heterocycles. The van der Waals surface area contributed by atoms with Gasteiger partial charge in [-0.25, -0.2) is 9.97 Å². The van der Waals surface area contributed by atoms with E-state index < -0.39 is 0 Å². The quantitative estimate of drug-likeness (QED) is 0.860. The highest BCUT2D eigenvalue weighted by Gasteiger charge is 2.22. The zero-order valence-electron chi connectivity index (χ0n) is 13.7. The third-order valence-electron chi connectivity index (χ3n) is 4.76. The fourth-order valence-electron chi connectivity index (χ4n) is 3.23. The third kappa shape index (κ3) is 2.96. The molecule has 0 aromatic carbocycles. The summed E-state index contributed by atoms with van der Waals surface area (Å²) in [5.41, 5.74) is 3.27. The van der Waals surface area contributed by atoms with Crippen LogP contribution in [0, 0.1) is 13.8 Å². The molecule has 0 bridgehead atoms. The average molecular weight is 296 g/mol. The van der Waals surface area contributed by atoms with Gasteiger partial charge in [0.15, 0.2) is 5.82 Å². The van der Waals surface area contributed by atoms with Crippen molar-refractivity contribution >= 4 is 5.82 Å². The first-order valence-electron chi connectivity index (χ1n) is 8.15. The van der Waals surface area contributed by atoms with Gasteiger partial charge in [0, 0.05) is 42.3 Å². The number of aryl methyl sites for hydroxylation is 1. The Bertz CT molecular complexity index is 633. The summed E-state index contributed by atoms with van der Waals surface area (Å²) in [5.74, 6) is 1.87. The lowest BCUT2D eigenvalue weighted by Crippen LogP contribution is -2.34. The second-order valence-corrected chi connectivity index (χ2v) is 6.22. The van der Waals surface area contributed by atoms with E-state index >= 15 is 0 Å². The van der Waals surface area contributed by atoms with Crippen molar-refractivity contribution in [3.63, 3.8) is 0 Å². The van der Waals surface area contributed by atoms with Gasteiger partial charge in [-0.15, -0.1) is 0 Å². The number of nitrogens with zero attached hydrogens (tertiary/aromatic N) is 4. The van der Waals surface area contributed by atoms with Gasteiger partial charge in [-0.2, -0.15) is 0 Å². The lowest BCUT2D eigenvalue weighted by molar-refractivity contribution is 0.425. The summed E-state index contributed by atoms with van der Waals surface area (Å²) in [7, 11) is 2.18. The van der Waals surface area contributed by atoms with E-state index in [1.165, 1.54) is 37.7 Å². The average Bonchev–Trinajstić information content (AvgIpc) is 2.58. The molecule has 0 spiro atoms. The van der Waals surface area contributed by atoms with Crippen LogP contribution in [0.5, 0.6) is 0 Å². The summed E-state index contributed by atoms with van der Waals surface area (Å²) in [6.45, 7) is 4.19. The van der Waals surface area contributed by atoms with Gasteiger partial charge in [0.25, 0.3) is 0 Å². The van der Waals surface area contributed by atoms with Crippen LogP contribution in [0.1, 0.15) is 43.4 Å². The smallest absolute Gasteiger partial charge is 0.161 e. The molecule has 0 radical (unpaired) electrons. The lowest BCUT2D eigenvalue weighted by atomic mass is 9.94. The first-order chi connectivity index (χ1) is 10.7. The molecule has 0 N–H and O–H groups in total. The molecule has 0 amide bonds. The van der Waals surface area contributed by atoms with E-state index in [-0.39, 0.29) is 0 Å². The van der Waals surface area contributed by atoms with E-state index in [2.05, 4.69) is 35.8 Å². The second kappa shape index (κ2) is 6.42. The molecule has 0 atom stereocenters. The zero-order valence-corrected chi connectivity index (χ0v) is 13.7. The molecule has 0 aliphatic heterocycles. The Morgan fingerprint density at radius 1 is 1.00 bits per heavy atom. The Morgan fingerprint density at radius 3 is 2.36 bits per heavy atom. The van der Waals surface area contributed by atoms with E-state index in [0.717, 1.165) is 22.9 Å². The highest BCUT2D eigenvalue weighted by Crippen LogP contribution is 2.29. The van der Waals surface area contributed by atoms with E-state index in [1.807, 2.05) is 12.1 Å². The highest BCUT2D eigenvalue weighted by atomic mass is 15.2. The van der Waals surface area contributed by atoms with E-state index in [4.69, 9.17) is 4.98 Å². The minimum absolute atomic E-state index is 0.604. The number of hydrogen-bond acceptors (Lipinski definition) is 4. The molecule has 2 aromatic rings. The maximum Gasteiger partial charge on any atom is 0.161 e. The molecule has 4 nitrogen and oxygen atoms in total. The molecule has 116 valence electrons. The SMILES string of the molecule is Cc1nc(-c2ccncc2)nc(N(C)C2CCCCC2)c1C. The van der Waals surface area contributed by atoms with Crippen LogP contribution >= 0.6 is 0 Å². The summed E-state index contributed by atoms with van der Waals surface area (Å²) in [4.78, 5) is 16.0. The van der Waals surface area contributed by atoms with E-state index in [1.54, 1.807) is 12.4 Å². The molecule has 1 aliphatic carbocycles. The Kier molecular flexibility index (Phi) is 4.36. The molecule has 1 fully saturated rings. The van der Waals surface area contributed by atoms with Crippen molar-refractivity contribution in [2.24, 2.45) is 0 Å². The number of pyridine rings is 1. The first-order valence-corrected chi connectivity index (χ1v) is 8.15. The normalized spacial score (nSPS) is 15.8. The van der Waals surface area contributed by atoms with E-state index in [0.29, 0.717) is 6.04 Å². The molecule has 4 heteroatoms. The monoisotopic (exact) mass is 296 g/mol. The number of aromatic nitrogens is 3. The Labute approximate surface area is 132 Å². The van der Waals surface area contributed by atoms with Gasteiger partial charge in [-0.1, -0.05) is 19.3 Å². The van der Waals surface area contributed by atoms with Gasteiger partial charge >= 0.3 is 0 Å². The molecule has 0 saturated heterocycles. The summed E-state index contributed by atoms with van der Waals surface area (Å²) in [5, 5.41) is 0. The fourth-order valence-corrected chi connectivity index (χ4v) is 3.23. The predicted molar refractivity (Wildman–Crippen MR) is 90.0 cm³/mol. The molecule has 2 aromatic heterocycles. The van der Waals surface area contributed by atoms with Gasteiger partial charge in [-0.05, 0) is 38.8 Å². The van der Waals surface area contributed by atoms with Crippen LogP contribution in [0.25, 0.3) is 11.4 Å². The summed E-state index contributed by atoms with van der Waals surface area (Å²) < 4.78 is 0. The van der Waals surface area contributed by atoms with Crippen LogP contribution in [0.2, 0.25) is 0 Å². The minimum Gasteiger partial charge on any atom is -0.356 e. The Balaban J connectivity index is 1.98. The topological polar surface area (TPSA) is 41.9 Å². The van der Waals surface area contributed by atoms with Crippen LogP contribution < -0.4 is 4.90 Å². The second-order valence-electron chi connectivity index (χ2n) is 6.22. The fraction of sp³-hybridized carbons (Fsp3) is 0.500. The van der Waals surface area contributed by atoms with Crippen molar-refractivity contribution in [3.8, 4) is 11.4 Å². The summed E-state index contributed by atoms with van der Waals surface area (Å²) in [6.07, 6.45) is 10.1. The number of hydrogen-bond donors (Lipinski definition) is 0. The van der Waals surface area contributed by atoms with E-state index in [9.17, 15) is 0 Å².